The molecule has 1 aromatic heterocycles. The largest absolute Gasteiger partial charge is 0.461 e. The van der Waals surface area contributed by atoms with Gasteiger partial charge >= 0.3 is 0 Å². The van der Waals surface area contributed by atoms with Crippen molar-refractivity contribution in [1.82, 2.24) is 5.32 Å². The highest BCUT2D eigenvalue weighted by Gasteiger charge is 2.17. The number of carbonyl (C=O) groups is 2. The second kappa shape index (κ2) is 6.35. The first-order chi connectivity index (χ1) is 8.75. The zero-order chi connectivity index (χ0) is 12.8. The van der Waals surface area contributed by atoms with Crippen LogP contribution in [-0.2, 0) is 9.53 Å². The molecule has 1 aliphatic rings. The molecule has 5 nitrogen and oxygen atoms in total. The molecule has 0 saturated carbocycles. The van der Waals surface area contributed by atoms with Crippen LogP contribution in [0, 0.1) is 0 Å². The molecule has 1 atom stereocenters. The summed E-state index contributed by atoms with van der Waals surface area (Å²) in [6.45, 7) is 1.31. The third kappa shape index (κ3) is 3.70. The van der Waals surface area contributed by atoms with Gasteiger partial charge in [-0.1, -0.05) is 0 Å². The van der Waals surface area contributed by atoms with Gasteiger partial charge in [-0.3, -0.25) is 9.59 Å². The van der Waals surface area contributed by atoms with Gasteiger partial charge in [-0.05, 0) is 25.0 Å². The van der Waals surface area contributed by atoms with Gasteiger partial charge in [0.2, 0.25) is 5.91 Å². The van der Waals surface area contributed by atoms with Crippen molar-refractivity contribution in [2.75, 3.05) is 13.2 Å². The standard InChI is InChI=1S/C13H17NO4/c15-11(12-4-2-8-18-12)5-6-13(16)14-9-10-3-1-7-17-10/h2,4,8,10H,1,3,5-7,9H2,(H,14,16). The Morgan fingerprint density at radius 2 is 2.28 bits per heavy atom. The van der Waals surface area contributed by atoms with Gasteiger partial charge < -0.3 is 14.5 Å². The maximum absolute atomic E-state index is 11.6. The summed E-state index contributed by atoms with van der Waals surface area (Å²) in [6, 6.07) is 3.26. The highest BCUT2D eigenvalue weighted by atomic mass is 16.5. The Kier molecular flexibility index (Phi) is 4.52. The number of ketones is 1. The summed E-state index contributed by atoms with van der Waals surface area (Å²) in [5, 5.41) is 2.78. The molecule has 0 spiro atoms. The second-order valence-electron chi connectivity index (χ2n) is 4.34. The van der Waals surface area contributed by atoms with E-state index in [1.165, 1.54) is 6.26 Å². The molecule has 2 heterocycles. The van der Waals surface area contributed by atoms with Gasteiger partial charge in [-0.2, -0.15) is 0 Å². The molecule has 1 saturated heterocycles. The first-order valence-electron chi connectivity index (χ1n) is 6.20. The van der Waals surface area contributed by atoms with Gasteiger partial charge in [0.15, 0.2) is 11.5 Å². The summed E-state index contributed by atoms with van der Waals surface area (Å²) in [5.74, 6) is 0.0413. The van der Waals surface area contributed by atoms with Crippen molar-refractivity contribution in [3.8, 4) is 0 Å². The van der Waals surface area contributed by atoms with Crippen molar-refractivity contribution in [1.29, 1.82) is 0 Å². The summed E-state index contributed by atoms with van der Waals surface area (Å²) in [5.41, 5.74) is 0. The Balaban J connectivity index is 1.63. The lowest BCUT2D eigenvalue weighted by Crippen LogP contribution is -2.31. The molecule has 2 rings (SSSR count). The van der Waals surface area contributed by atoms with Crippen LogP contribution in [0.1, 0.15) is 36.2 Å². The number of carbonyl (C=O) groups excluding carboxylic acids is 2. The second-order valence-corrected chi connectivity index (χ2v) is 4.34. The van der Waals surface area contributed by atoms with E-state index in [-0.39, 0.29) is 30.6 Å². The molecule has 0 aromatic carbocycles. The molecule has 1 aliphatic heterocycles. The van der Waals surface area contributed by atoms with Gasteiger partial charge in [0.1, 0.15) is 0 Å². The number of hydrogen-bond donors (Lipinski definition) is 1. The highest BCUT2D eigenvalue weighted by molar-refractivity contribution is 5.95. The van der Waals surface area contributed by atoms with Crippen molar-refractivity contribution in [3.63, 3.8) is 0 Å². The molecular formula is C13H17NO4. The van der Waals surface area contributed by atoms with Crippen molar-refractivity contribution >= 4 is 11.7 Å². The third-order valence-corrected chi connectivity index (χ3v) is 2.93. The Morgan fingerprint density at radius 1 is 1.39 bits per heavy atom. The smallest absolute Gasteiger partial charge is 0.220 e. The average molecular weight is 251 g/mol. The lowest BCUT2D eigenvalue weighted by Gasteiger charge is -2.10. The molecule has 1 unspecified atom stereocenters. The number of amides is 1. The van der Waals surface area contributed by atoms with Crippen LogP contribution in [0.15, 0.2) is 22.8 Å². The minimum atomic E-state index is -0.146. The van der Waals surface area contributed by atoms with Gasteiger partial charge in [0.05, 0.1) is 12.4 Å². The quantitative estimate of drug-likeness (QED) is 0.779. The Morgan fingerprint density at radius 3 is 2.94 bits per heavy atom. The Labute approximate surface area is 105 Å². The summed E-state index contributed by atoms with van der Waals surface area (Å²) in [4.78, 5) is 23.1. The first kappa shape index (κ1) is 12.8. The van der Waals surface area contributed by atoms with E-state index in [1.807, 2.05) is 0 Å². The summed E-state index contributed by atoms with van der Waals surface area (Å²) >= 11 is 0. The van der Waals surface area contributed by atoms with Crippen LogP contribution in [0.5, 0.6) is 0 Å². The first-order valence-corrected chi connectivity index (χ1v) is 6.20. The van der Waals surface area contributed by atoms with Crippen LogP contribution in [-0.4, -0.2) is 30.9 Å². The zero-order valence-electron chi connectivity index (χ0n) is 10.2. The van der Waals surface area contributed by atoms with Crippen LogP contribution < -0.4 is 5.32 Å². The van der Waals surface area contributed by atoms with Gasteiger partial charge in [0.25, 0.3) is 0 Å². The van der Waals surface area contributed by atoms with E-state index in [4.69, 9.17) is 9.15 Å². The minimum absolute atomic E-state index is 0.120. The van der Waals surface area contributed by atoms with Crippen LogP contribution in [0.2, 0.25) is 0 Å². The van der Waals surface area contributed by atoms with E-state index in [0.29, 0.717) is 12.3 Å². The molecular weight excluding hydrogens is 234 g/mol. The topological polar surface area (TPSA) is 68.5 Å². The van der Waals surface area contributed by atoms with E-state index in [2.05, 4.69) is 5.32 Å². The summed E-state index contributed by atoms with van der Waals surface area (Å²) < 4.78 is 10.4. The molecule has 0 aliphatic carbocycles. The van der Waals surface area contributed by atoms with Crippen molar-refractivity contribution in [2.24, 2.45) is 0 Å². The monoisotopic (exact) mass is 251 g/mol. The summed E-state index contributed by atoms with van der Waals surface area (Å²) in [7, 11) is 0. The predicted molar refractivity (Wildman–Crippen MR) is 64.3 cm³/mol. The Bertz CT molecular complexity index is 393. The molecule has 18 heavy (non-hydrogen) atoms. The van der Waals surface area contributed by atoms with Crippen molar-refractivity contribution in [2.45, 2.75) is 31.8 Å². The average Bonchev–Trinajstić information content (AvgIpc) is 3.05. The van der Waals surface area contributed by atoms with Gasteiger partial charge in [-0.25, -0.2) is 0 Å². The molecule has 1 aromatic rings. The fraction of sp³-hybridized carbons (Fsp3) is 0.538. The highest BCUT2D eigenvalue weighted by Crippen LogP contribution is 2.11. The minimum Gasteiger partial charge on any atom is -0.461 e. The molecule has 1 amide bonds. The SMILES string of the molecule is O=C(CCC(=O)c1ccco1)NCC1CCCO1. The number of rotatable bonds is 6. The molecule has 1 N–H and O–H groups in total. The Hall–Kier alpha value is -1.62. The van der Waals surface area contributed by atoms with E-state index in [0.717, 1.165) is 19.4 Å². The molecule has 1 fully saturated rings. The van der Waals surface area contributed by atoms with E-state index >= 15 is 0 Å². The third-order valence-electron chi connectivity index (χ3n) is 2.93. The van der Waals surface area contributed by atoms with Crippen LogP contribution >= 0.6 is 0 Å². The predicted octanol–water partition coefficient (Wildman–Crippen LogP) is 1.54. The lowest BCUT2D eigenvalue weighted by molar-refractivity contribution is -0.121. The lowest BCUT2D eigenvalue weighted by atomic mass is 10.1. The normalized spacial score (nSPS) is 18.8. The number of hydrogen-bond acceptors (Lipinski definition) is 4. The molecule has 0 bridgehead atoms. The molecule has 5 heteroatoms. The molecule has 0 radical (unpaired) electrons. The fourth-order valence-electron chi connectivity index (χ4n) is 1.91. The number of Topliss-reactive ketones (excluding diaryl/α,β-unsaturated/α-hetero) is 1. The van der Waals surface area contributed by atoms with E-state index < -0.39 is 0 Å². The van der Waals surface area contributed by atoms with E-state index in [9.17, 15) is 9.59 Å². The van der Waals surface area contributed by atoms with Crippen molar-refractivity contribution in [3.05, 3.63) is 24.2 Å². The summed E-state index contributed by atoms with van der Waals surface area (Å²) in [6.07, 6.45) is 3.99. The van der Waals surface area contributed by atoms with Crippen LogP contribution in [0.25, 0.3) is 0 Å². The number of nitrogens with one attached hydrogen (secondary N) is 1. The van der Waals surface area contributed by atoms with Gasteiger partial charge in [0, 0.05) is 26.0 Å². The molecule has 98 valence electrons. The number of furan rings is 1. The fourth-order valence-corrected chi connectivity index (χ4v) is 1.91. The van der Waals surface area contributed by atoms with Crippen LogP contribution in [0.3, 0.4) is 0 Å². The maximum Gasteiger partial charge on any atom is 0.220 e. The van der Waals surface area contributed by atoms with E-state index in [1.54, 1.807) is 12.1 Å². The van der Waals surface area contributed by atoms with Crippen molar-refractivity contribution < 1.29 is 18.7 Å². The maximum atomic E-state index is 11.6. The van der Waals surface area contributed by atoms with Crippen LogP contribution in [0.4, 0.5) is 0 Å². The number of ether oxygens (including phenoxy) is 1. The van der Waals surface area contributed by atoms with Gasteiger partial charge in [-0.15, -0.1) is 0 Å². The zero-order valence-corrected chi connectivity index (χ0v) is 10.2.